The standard InChI is InChI=1S/C9H10Cl2N/c1-9(12,8(10)11)7-5-3-2-4-6-7/h2-6H,12H2,1H3. The second-order valence-corrected chi connectivity index (χ2v) is 3.78. The SMILES string of the molecule is CC(N)([C](Cl)Cl)c1ccccc1. The predicted molar refractivity (Wildman–Crippen MR) is 52.9 cm³/mol. The van der Waals surface area contributed by atoms with Gasteiger partial charge in [0.1, 0.15) is 0 Å². The molecule has 1 unspecified atom stereocenters. The highest BCUT2D eigenvalue weighted by atomic mass is 35.5. The molecule has 3 heteroatoms. The average molecular weight is 203 g/mol. The Morgan fingerprint density at radius 2 is 1.75 bits per heavy atom. The number of rotatable bonds is 2. The summed E-state index contributed by atoms with van der Waals surface area (Å²) in [6.07, 6.45) is 0. The van der Waals surface area contributed by atoms with Crippen LogP contribution in [0.3, 0.4) is 0 Å². The number of benzene rings is 1. The van der Waals surface area contributed by atoms with Gasteiger partial charge in [-0.3, -0.25) is 0 Å². The van der Waals surface area contributed by atoms with E-state index in [2.05, 4.69) is 0 Å². The molecule has 1 nitrogen and oxygen atoms in total. The van der Waals surface area contributed by atoms with Crippen molar-refractivity contribution in [2.75, 3.05) is 0 Å². The molecule has 0 aromatic heterocycles. The van der Waals surface area contributed by atoms with Crippen LogP contribution in [0.2, 0.25) is 0 Å². The molecule has 0 fully saturated rings. The highest BCUT2D eigenvalue weighted by Gasteiger charge is 2.29. The molecule has 1 aromatic rings. The average Bonchev–Trinajstić information content (AvgIpc) is 2.06. The first-order valence-electron chi connectivity index (χ1n) is 3.58. The Kier molecular flexibility index (Phi) is 2.99. The van der Waals surface area contributed by atoms with Crippen molar-refractivity contribution in [1.29, 1.82) is 0 Å². The zero-order valence-electron chi connectivity index (χ0n) is 6.72. The van der Waals surface area contributed by atoms with Crippen molar-refractivity contribution in [1.82, 2.24) is 0 Å². The van der Waals surface area contributed by atoms with E-state index in [1.807, 2.05) is 30.3 Å². The molecule has 0 heterocycles. The van der Waals surface area contributed by atoms with Crippen LogP contribution < -0.4 is 5.73 Å². The fourth-order valence-corrected chi connectivity index (χ4v) is 1.11. The van der Waals surface area contributed by atoms with Crippen molar-refractivity contribution in [2.45, 2.75) is 12.5 Å². The number of nitrogens with two attached hydrogens (primary N) is 1. The van der Waals surface area contributed by atoms with Gasteiger partial charge in [0.15, 0.2) is 4.84 Å². The molecule has 12 heavy (non-hydrogen) atoms. The molecule has 0 bridgehead atoms. The van der Waals surface area contributed by atoms with Gasteiger partial charge in [0, 0.05) is 0 Å². The topological polar surface area (TPSA) is 26.0 Å². The maximum Gasteiger partial charge on any atom is 0.174 e. The molecule has 2 N–H and O–H groups in total. The summed E-state index contributed by atoms with van der Waals surface area (Å²) < 4.78 is 0. The van der Waals surface area contributed by atoms with Crippen LogP contribution >= 0.6 is 23.2 Å². The van der Waals surface area contributed by atoms with Crippen molar-refractivity contribution in [3.63, 3.8) is 0 Å². The fourth-order valence-electron chi connectivity index (χ4n) is 0.893. The smallest absolute Gasteiger partial charge is 0.174 e. The molecule has 0 aliphatic heterocycles. The van der Waals surface area contributed by atoms with Gasteiger partial charge in [0.2, 0.25) is 0 Å². The number of hydrogen-bond donors (Lipinski definition) is 1. The highest BCUT2D eigenvalue weighted by Crippen LogP contribution is 2.34. The van der Waals surface area contributed by atoms with E-state index in [0.29, 0.717) is 0 Å². The minimum Gasteiger partial charge on any atom is -0.319 e. The zero-order valence-corrected chi connectivity index (χ0v) is 8.23. The van der Waals surface area contributed by atoms with Crippen molar-refractivity contribution >= 4 is 23.2 Å². The number of halogens is 2. The third-order valence-electron chi connectivity index (χ3n) is 1.77. The molecular formula is C9H10Cl2N. The van der Waals surface area contributed by atoms with E-state index in [1.54, 1.807) is 6.92 Å². The third-order valence-corrected chi connectivity index (χ3v) is 2.55. The summed E-state index contributed by atoms with van der Waals surface area (Å²) in [6, 6.07) is 9.51. The molecule has 0 aliphatic carbocycles. The lowest BCUT2D eigenvalue weighted by Crippen LogP contribution is -2.35. The lowest BCUT2D eigenvalue weighted by molar-refractivity contribution is 0.594. The van der Waals surface area contributed by atoms with Gasteiger partial charge >= 0.3 is 0 Å². The van der Waals surface area contributed by atoms with Crippen molar-refractivity contribution in [2.24, 2.45) is 5.73 Å². The lowest BCUT2D eigenvalue weighted by atomic mass is 9.95. The van der Waals surface area contributed by atoms with Gasteiger partial charge in [0.25, 0.3) is 0 Å². The minimum absolute atomic E-state index is 0.175. The molecule has 0 saturated heterocycles. The van der Waals surface area contributed by atoms with Crippen LogP contribution in [0, 0.1) is 4.84 Å². The Morgan fingerprint density at radius 3 is 2.17 bits per heavy atom. The molecule has 65 valence electrons. The van der Waals surface area contributed by atoms with E-state index >= 15 is 0 Å². The van der Waals surface area contributed by atoms with E-state index in [0.717, 1.165) is 5.56 Å². The first-order chi connectivity index (χ1) is 5.55. The molecule has 1 atom stereocenters. The van der Waals surface area contributed by atoms with Crippen molar-refractivity contribution < 1.29 is 0 Å². The van der Waals surface area contributed by atoms with Crippen LogP contribution in [0.1, 0.15) is 12.5 Å². The summed E-state index contributed by atoms with van der Waals surface area (Å²) in [5.74, 6) is 0. The lowest BCUT2D eigenvalue weighted by Gasteiger charge is -2.25. The van der Waals surface area contributed by atoms with Crippen LogP contribution in [-0.4, -0.2) is 0 Å². The van der Waals surface area contributed by atoms with Crippen LogP contribution in [0.5, 0.6) is 0 Å². The van der Waals surface area contributed by atoms with Crippen molar-refractivity contribution in [3.8, 4) is 0 Å². The summed E-state index contributed by atoms with van der Waals surface area (Å²) >= 11 is 11.3. The Balaban J connectivity index is 2.98. The maximum atomic E-state index is 5.88. The molecular weight excluding hydrogens is 193 g/mol. The molecule has 0 aliphatic rings. The molecule has 1 rings (SSSR count). The fraction of sp³-hybridized carbons (Fsp3) is 0.222. The van der Waals surface area contributed by atoms with Crippen molar-refractivity contribution in [3.05, 3.63) is 40.7 Å². The predicted octanol–water partition coefficient (Wildman–Crippen LogP) is 2.83. The monoisotopic (exact) mass is 202 g/mol. The Bertz CT molecular complexity index is 244. The van der Waals surface area contributed by atoms with Gasteiger partial charge < -0.3 is 5.73 Å². The number of hydrogen-bond acceptors (Lipinski definition) is 1. The molecule has 0 amide bonds. The molecule has 0 saturated carbocycles. The summed E-state index contributed by atoms with van der Waals surface area (Å²) in [4.78, 5) is 0.175. The second-order valence-electron chi connectivity index (χ2n) is 2.83. The van der Waals surface area contributed by atoms with E-state index in [4.69, 9.17) is 28.9 Å². The Hall–Kier alpha value is -0.240. The van der Waals surface area contributed by atoms with E-state index in [1.165, 1.54) is 0 Å². The van der Waals surface area contributed by atoms with Gasteiger partial charge in [-0.1, -0.05) is 53.5 Å². The van der Waals surface area contributed by atoms with Gasteiger partial charge in [0.05, 0.1) is 5.54 Å². The van der Waals surface area contributed by atoms with Crippen LogP contribution in [-0.2, 0) is 5.54 Å². The Labute approximate surface area is 82.5 Å². The zero-order chi connectivity index (χ0) is 9.19. The summed E-state index contributed by atoms with van der Waals surface area (Å²) in [7, 11) is 0. The largest absolute Gasteiger partial charge is 0.319 e. The molecule has 1 aromatic carbocycles. The minimum atomic E-state index is -0.760. The van der Waals surface area contributed by atoms with Gasteiger partial charge in [-0.15, -0.1) is 0 Å². The summed E-state index contributed by atoms with van der Waals surface area (Å²) in [5.41, 5.74) is 6.03. The summed E-state index contributed by atoms with van der Waals surface area (Å²) in [6.45, 7) is 1.78. The van der Waals surface area contributed by atoms with E-state index in [9.17, 15) is 0 Å². The van der Waals surface area contributed by atoms with E-state index in [-0.39, 0.29) is 4.84 Å². The molecule has 1 radical (unpaired) electrons. The molecule has 0 spiro atoms. The normalized spacial score (nSPS) is 16.1. The second kappa shape index (κ2) is 3.65. The van der Waals surface area contributed by atoms with Crippen LogP contribution in [0.25, 0.3) is 0 Å². The van der Waals surface area contributed by atoms with Crippen LogP contribution in [0.15, 0.2) is 30.3 Å². The van der Waals surface area contributed by atoms with E-state index < -0.39 is 5.54 Å². The van der Waals surface area contributed by atoms with Crippen LogP contribution in [0.4, 0.5) is 0 Å². The third kappa shape index (κ3) is 1.92. The first-order valence-corrected chi connectivity index (χ1v) is 4.33. The van der Waals surface area contributed by atoms with Gasteiger partial charge in [-0.05, 0) is 12.5 Å². The quantitative estimate of drug-likeness (QED) is 0.785. The Morgan fingerprint density at radius 1 is 1.25 bits per heavy atom. The van der Waals surface area contributed by atoms with Gasteiger partial charge in [-0.25, -0.2) is 0 Å². The van der Waals surface area contributed by atoms with Gasteiger partial charge in [-0.2, -0.15) is 0 Å². The maximum absolute atomic E-state index is 5.88. The summed E-state index contributed by atoms with van der Waals surface area (Å²) in [5, 5.41) is 0. The highest BCUT2D eigenvalue weighted by molar-refractivity contribution is 6.53. The first kappa shape index (κ1) is 9.85.